The smallest absolute Gasteiger partial charge is 0.387 e. The molecule has 1 aromatic carbocycles. The number of alkyl halides is 2. The van der Waals surface area contributed by atoms with Crippen molar-refractivity contribution in [2.75, 3.05) is 19.7 Å². The first-order valence-electron chi connectivity index (χ1n) is 10.0. The van der Waals surface area contributed by atoms with E-state index < -0.39 is 6.61 Å². The van der Waals surface area contributed by atoms with Crippen molar-refractivity contribution < 1.29 is 18.3 Å². The Kier molecular flexibility index (Phi) is 5.98. The molecule has 30 heavy (non-hydrogen) atoms. The molecule has 0 aliphatic carbocycles. The third kappa shape index (κ3) is 4.30. The number of piperidine rings is 1. The van der Waals surface area contributed by atoms with Gasteiger partial charge >= 0.3 is 6.61 Å². The summed E-state index contributed by atoms with van der Waals surface area (Å²) in [5.41, 5.74) is 2.12. The molecule has 2 aromatic heterocycles. The van der Waals surface area contributed by atoms with Crippen molar-refractivity contribution in [1.82, 2.24) is 19.4 Å². The number of fused-ring (bicyclic) bond motifs is 1. The molecule has 7 nitrogen and oxygen atoms in total. The lowest BCUT2D eigenvalue weighted by atomic mass is 10.0. The van der Waals surface area contributed by atoms with Crippen molar-refractivity contribution in [3.05, 3.63) is 52.7 Å². The van der Waals surface area contributed by atoms with E-state index >= 15 is 0 Å². The van der Waals surface area contributed by atoms with Crippen molar-refractivity contribution >= 4 is 11.0 Å². The van der Waals surface area contributed by atoms with Crippen LogP contribution in [0.5, 0.6) is 11.5 Å². The summed E-state index contributed by atoms with van der Waals surface area (Å²) in [6, 6.07) is 7.08. The fraction of sp³-hybridized carbons (Fsp3) is 0.429. The Bertz CT molecular complexity index is 1060. The topological polar surface area (TPSA) is 72.4 Å². The quantitative estimate of drug-likeness (QED) is 0.635. The summed E-state index contributed by atoms with van der Waals surface area (Å²) in [4.78, 5) is 22.0. The second-order valence-electron chi connectivity index (χ2n) is 7.29. The number of aromatic nitrogens is 3. The fourth-order valence-electron chi connectivity index (χ4n) is 3.96. The molecular formula is C21H24F2N4O3. The van der Waals surface area contributed by atoms with E-state index in [0.29, 0.717) is 24.4 Å². The van der Waals surface area contributed by atoms with Gasteiger partial charge in [-0.15, -0.1) is 0 Å². The number of rotatable bonds is 7. The van der Waals surface area contributed by atoms with Crippen LogP contribution in [-0.2, 0) is 6.54 Å². The third-order valence-electron chi connectivity index (χ3n) is 5.39. The number of H-pyrrole nitrogens is 1. The molecule has 3 aromatic rings. The predicted molar refractivity (Wildman–Crippen MR) is 108 cm³/mol. The summed E-state index contributed by atoms with van der Waals surface area (Å²) in [7, 11) is 0. The molecule has 0 saturated carbocycles. The van der Waals surface area contributed by atoms with Gasteiger partial charge in [0.25, 0.3) is 5.56 Å². The Hall–Kier alpha value is -2.94. The van der Waals surface area contributed by atoms with Crippen molar-refractivity contribution in [2.24, 2.45) is 0 Å². The van der Waals surface area contributed by atoms with Crippen LogP contribution in [0.3, 0.4) is 0 Å². The first-order valence-corrected chi connectivity index (χ1v) is 10.0. The minimum Gasteiger partial charge on any atom is -0.490 e. The second kappa shape index (κ2) is 8.83. The lowest BCUT2D eigenvalue weighted by molar-refractivity contribution is -0.0514. The Morgan fingerprint density at radius 1 is 1.23 bits per heavy atom. The van der Waals surface area contributed by atoms with E-state index in [-0.39, 0.29) is 17.4 Å². The maximum Gasteiger partial charge on any atom is 0.387 e. The maximum absolute atomic E-state index is 12.7. The molecule has 4 rings (SSSR count). The van der Waals surface area contributed by atoms with E-state index in [1.165, 1.54) is 12.4 Å². The van der Waals surface area contributed by atoms with Crippen molar-refractivity contribution in [2.45, 2.75) is 39.0 Å². The SMILES string of the molecule is CCOc1cc(CN2CCC(n3ccc4[nH]cnc4c3=O)CC2)ccc1OC(F)F. The van der Waals surface area contributed by atoms with Crippen LogP contribution in [0.1, 0.15) is 31.4 Å². The summed E-state index contributed by atoms with van der Waals surface area (Å²) in [6.45, 7) is 1.60. The maximum atomic E-state index is 12.7. The van der Waals surface area contributed by atoms with Gasteiger partial charge in [0.1, 0.15) is 0 Å². The molecule has 0 radical (unpaired) electrons. The monoisotopic (exact) mass is 418 g/mol. The average Bonchev–Trinajstić information content (AvgIpc) is 3.21. The summed E-state index contributed by atoms with van der Waals surface area (Å²) in [6.07, 6.45) is 5.06. The Balaban J connectivity index is 1.41. The van der Waals surface area contributed by atoms with Gasteiger partial charge in [-0.2, -0.15) is 8.78 Å². The van der Waals surface area contributed by atoms with E-state index in [1.807, 2.05) is 12.3 Å². The number of pyridine rings is 1. The van der Waals surface area contributed by atoms with Gasteiger partial charge in [-0.1, -0.05) is 6.07 Å². The molecule has 160 valence electrons. The Morgan fingerprint density at radius 3 is 2.77 bits per heavy atom. The molecule has 3 heterocycles. The number of likely N-dealkylation sites (tertiary alicyclic amines) is 1. The number of imidazole rings is 1. The molecule has 0 unspecified atom stereocenters. The van der Waals surface area contributed by atoms with Crippen LogP contribution >= 0.6 is 0 Å². The fourth-order valence-corrected chi connectivity index (χ4v) is 3.96. The molecule has 9 heteroatoms. The summed E-state index contributed by atoms with van der Waals surface area (Å²) in [5.74, 6) is 0.367. The molecule has 1 N–H and O–H groups in total. The highest BCUT2D eigenvalue weighted by atomic mass is 19.3. The standard InChI is InChI=1S/C21H24F2N4O3/c1-2-29-18-11-14(3-4-17(18)30-21(22)23)12-26-8-5-15(6-9-26)27-10-7-16-19(20(27)28)25-13-24-16/h3-4,7,10-11,13,15,21H,2,5-6,8-9,12H2,1H3,(H,24,25). The molecule has 1 saturated heterocycles. The zero-order valence-electron chi connectivity index (χ0n) is 16.7. The van der Waals surface area contributed by atoms with Crippen molar-refractivity contribution in [3.8, 4) is 11.5 Å². The van der Waals surface area contributed by atoms with Crippen LogP contribution in [0.25, 0.3) is 11.0 Å². The van der Waals surface area contributed by atoms with E-state index in [0.717, 1.165) is 37.0 Å². The van der Waals surface area contributed by atoms with Gasteiger partial charge in [0.2, 0.25) is 0 Å². The van der Waals surface area contributed by atoms with Gasteiger partial charge in [-0.05, 0) is 43.5 Å². The van der Waals surface area contributed by atoms with Gasteiger partial charge in [-0.25, -0.2) is 4.98 Å². The molecule has 0 bridgehead atoms. The minimum absolute atomic E-state index is 0.0439. The predicted octanol–water partition coefficient (Wildman–Crippen LogP) is 3.56. The molecule has 0 atom stereocenters. The molecule has 1 fully saturated rings. The van der Waals surface area contributed by atoms with E-state index in [2.05, 4.69) is 19.6 Å². The summed E-state index contributed by atoms with van der Waals surface area (Å²) in [5, 5.41) is 0. The number of benzene rings is 1. The number of ether oxygens (including phenoxy) is 2. The molecular weight excluding hydrogens is 394 g/mol. The van der Waals surface area contributed by atoms with Gasteiger partial charge in [0.15, 0.2) is 17.0 Å². The van der Waals surface area contributed by atoms with E-state index in [9.17, 15) is 13.6 Å². The lowest BCUT2D eigenvalue weighted by Crippen LogP contribution is -2.37. The molecule has 1 aliphatic rings. The lowest BCUT2D eigenvalue weighted by Gasteiger charge is -2.33. The van der Waals surface area contributed by atoms with Crippen molar-refractivity contribution in [3.63, 3.8) is 0 Å². The Labute approximate surface area is 172 Å². The minimum atomic E-state index is -2.89. The van der Waals surface area contributed by atoms with E-state index in [4.69, 9.17) is 4.74 Å². The molecule has 0 amide bonds. The zero-order valence-corrected chi connectivity index (χ0v) is 16.7. The molecule has 0 spiro atoms. The highest BCUT2D eigenvalue weighted by molar-refractivity contribution is 5.72. The number of hydrogen-bond donors (Lipinski definition) is 1. The largest absolute Gasteiger partial charge is 0.490 e. The van der Waals surface area contributed by atoms with Gasteiger partial charge < -0.3 is 19.0 Å². The van der Waals surface area contributed by atoms with Crippen LogP contribution in [-0.4, -0.2) is 45.7 Å². The number of nitrogens with one attached hydrogen (secondary N) is 1. The number of aromatic amines is 1. The van der Waals surface area contributed by atoms with Gasteiger partial charge in [-0.3, -0.25) is 9.69 Å². The second-order valence-corrected chi connectivity index (χ2v) is 7.29. The Morgan fingerprint density at radius 2 is 2.03 bits per heavy atom. The highest BCUT2D eigenvalue weighted by Crippen LogP contribution is 2.31. The van der Waals surface area contributed by atoms with Gasteiger partial charge in [0, 0.05) is 31.9 Å². The van der Waals surface area contributed by atoms with Crippen LogP contribution in [0, 0.1) is 0 Å². The van der Waals surface area contributed by atoms with Crippen LogP contribution in [0.4, 0.5) is 8.78 Å². The number of nitrogens with zero attached hydrogens (tertiary/aromatic N) is 3. The van der Waals surface area contributed by atoms with Crippen LogP contribution in [0.2, 0.25) is 0 Å². The van der Waals surface area contributed by atoms with Gasteiger partial charge in [0.05, 0.1) is 18.5 Å². The number of hydrogen-bond acceptors (Lipinski definition) is 5. The summed E-state index contributed by atoms with van der Waals surface area (Å²) < 4.78 is 36.9. The zero-order chi connectivity index (χ0) is 21.1. The van der Waals surface area contributed by atoms with Crippen LogP contribution in [0.15, 0.2) is 41.6 Å². The average molecular weight is 418 g/mol. The van der Waals surface area contributed by atoms with Crippen LogP contribution < -0.4 is 15.0 Å². The first-order chi connectivity index (χ1) is 14.5. The molecule has 1 aliphatic heterocycles. The number of halogens is 2. The summed E-state index contributed by atoms with van der Waals surface area (Å²) >= 11 is 0. The normalized spacial score (nSPS) is 15.7. The van der Waals surface area contributed by atoms with Crippen molar-refractivity contribution in [1.29, 1.82) is 0 Å². The first kappa shape index (κ1) is 20.3. The highest BCUT2D eigenvalue weighted by Gasteiger charge is 2.22. The third-order valence-corrected chi connectivity index (χ3v) is 5.39. The van der Waals surface area contributed by atoms with E-state index in [1.54, 1.807) is 23.6 Å².